The molecule has 16 heavy (non-hydrogen) atoms. The fraction of sp³-hybridized carbons (Fsp3) is 0.455. The number of nitrogens with one attached hydrogen (secondary N) is 1. The number of benzene rings is 1. The van der Waals surface area contributed by atoms with E-state index in [-0.39, 0.29) is 12.4 Å². The summed E-state index contributed by atoms with van der Waals surface area (Å²) in [6.07, 6.45) is 1.05. The van der Waals surface area contributed by atoms with Crippen LogP contribution in [0.1, 0.15) is 18.4 Å². The third-order valence-electron chi connectivity index (χ3n) is 2.89. The Bertz CT molecular complexity index is 367. The van der Waals surface area contributed by atoms with Crippen LogP contribution in [0.25, 0.3) is 0 Å². The molecule has 1 heterocycles. The lowest BCUT2D eigenvalue weighted by molar-refractivity contribution is 0.00558. The van der Waals surface area contributed by atoms with E-state index in [1.54, 1.807) is 0 Å². The van der Waals surface area contributed by atoms with Gasteiger partial charge in [-0.05, 0) is 43.6 Å². The maximum Gasteiger partial charge on any atom is 0.159 e. The Kier molecular flexibility index (Phi) is 4.24. The molecule has 90 valence electrons. The first-order valence-electron chi connectivity index (χ1n) is 5.00. The Morgan fingerprint density at radius 2 is 1.75 bits per heavy atom. The minimum absolute atomic E-state index is 0. The molecule has 1 aromatic rings. The van der Waals surface area contributed by atoms with Crippen LogP contribution in [0.4, 0.5) is 8.78 Å². The van der Waals surface area contributed by atoms with E-state index in [0.29, 0.717) is 31.5 Å². The zero-order valence-electron chi connectivity index (χ0n) is 8.67. The number of halogens is 3. The Balaban J connectivity index is 0.00000128. The Labute approximate surface area is 99.1 Å². The molecule has 2 rings (SSSR count). The standard InChI is InChI=1S/C11H13F2NO.ClH/c12-9-2-1-8(7-10(9)13)11(15)3-5-14-6-4-11;/h1-2,7,14-15H,3-6H2;1H. The second-order valence-corrected chi connectivity index (χ2v) is 3.91. The van der Waals surface area contributed by atoms with Crippen LogP contribution in [0.3, 0.4) is 0 Å². The van der Waals surface area contributed by atoms with Gasteiger partial charge in [-0.15, -0.1) is 12.4 Å². The minimum Gasteiger partial charge on any atom is -0.385 e. The molecule has 0 aliphatic carbocycles. The van der Waals surface area contributed by atoms with E-state index >= 15 is 0 Å². The summed E-state index contributed by atoms with van der Waals surface area (Å²) in [5, 5.41) is 13.3. The fourth-order valence-corrected chi connectivity index (χ4v) is 1.91. The number of rotatable bonds is 1. The van der Waals surface area contributed by atoms with Gasteiger partial charge >= 0.3 is 0 Å². The Morgan fingerprint density at radius 1 is 1.12 bits per heavy atom. The predicted octanol–water partition coefficient (Wildman–Crippen LogP) is 1.96. The van der Waals surface area contributed by atoms with Gasteiger partial charge in [0.25, 0.3) is 0 Å². The summed E-state index contributed by atoms with van der Waals surface area (Å²) in [6, 6.07) is 3.59. The van der Waals surface area contributed by atoms with Crippen molar-refractivity contribution in [1.29, 1.82) is 0 Å². The molecule has 2 N–H and O–H groups in total. The zero-order valence-corrected chi connectivity index (χ0v) is 9.49. The SMILES string of the molecule is Cl.OC1(c2ccc(F)c(F)c2)CCNCC1. The van der Waals surface area contributed by atoms with Crippen molar-refractivity contribution in [2.75, 3.05) is 13.1 Å². The summed E-state index contributed by atoms with van der Waals surface area (Å²) >= 11 is 0. The summed E-state index contributed by atoms with van der Waals surface area (Å²) in [7, 11) is 0. The van der Waals surface area contributed by atoms with E-state index in [2.05, 4.69) is 5.32 Å². The van der Waals surface area contributed by atoms with Crippen LogP contribution < -0.4 is 5.32 Å². The van der Waals surface area contributed by atoms with E-state index < -0.39 is 17.2 Å². The highest BCUT2D eigenvalue weighted by atomic mass is 35.5. The number of hydrogen-bond acceptors (Lipinski definition) is 2. The van der Waals surface area contributed by atoms with Crippen LogP contribution in [0.2, 0.25) is 0 Å². The van der Waals surface area contributed by atoms with Crippen LogP contribution in [0.5, 0.6) is 0 Å². The van der Waals surface area contributed by atoms with Gasteiger partial charge < -0.3 is 10.4 Å². The smallest absolute Gasteiger partial charge is 0.159 e. The summed E-state index contributed by atoms with van der Waals surface area (Å²) in [6.45, 7) is 1.38. The van der Waals surface area contributed by atoms with Gasteiger partial charge in [-0.1, -0.05) is 6.07 Å². The van der Waals surface area contributed by atoms with Crippen molar-refractivity contribution >= 4 is 12.4 Å². The molecule has 0 radical (unpaired) electrons. The molecular weight excluding hydrogens is 236 g/mol. The predicted molar refractivity (Wildman–Crippen MR) is 59.6 cm³/mol. The van der Waals surface area contributed by atoms with Gasteiger partial charge in [-0.3, -0.25) is 0 Å². The maximum absolute atomic E-state index is 13.0. The lowest BCUT2D eigenvalue weighted by atomic mass is 9.85. The first-order valence-corrected chi connectivity index (χ1v) is 5.00. The number of piperidine rings is 1. The molecule has 1 aliphatic heterocycles. The van der Waals surface area contributed by atoms with Crippen molar-refractivity contribution in [1.82, 2.24) is 5.32 Å². The molecule has 2 nitrogen and oxygen atoms in total. The van der Waals surface area contributed by atoms with Crippen molar-refractivity contribution in [3.05, 3.63) is 35.4 Å². The molecule has 5 heteroatoms. The van der Waals surface area contributed by atoms with E-state index in [1.807, 2.05) is 0 Å². The quantitative estimate of drug-likeness (QED) is 0.798. The monoisotopic (exact) mass is 249 g/mol. The van der Waals surface area contributed by atoms with Crippen molar-refractivity contribution in [3.63, 3.8) is 0 Å². The highest BCUT2D eigenvalue weighted by molar-refractivity contribution is 5.85. The molecule has 0 spiro atoms. The van der Waals surface area contributed by atoms with Crippen LogP contribution in [-0.4, -0.2) is 18.2 Å². The molecule has 0 amide bonds. The minimum atomic E-state index is -1.01. The van der Waals surface area contributed by atoms with Gasteiger partial charge in [-0.25, -0.2) is 8.78 Å². The van der Waals surface area contributed by atoms with Crippen molar-refractivity contribution < 1.29 is 13.9 Å². The molecule has 1 aromatic carbocycles. The molecule has 0 saturated carbocycles. The van der Waals surface area contributed by atoms with E-state index in [4.69, 9.17) is 0 Å². The number of aliphatic hydroxyl groups is 1. The largest absolute Gasteiger partial charge is 0.385 e. The van der Waals surface area contributed by atoms with Crippen LogP contribution in [0, 0.1) is 11.6 Å². The zero-order chi connectivity index (χ0) is 10.9. The lowest BCUT2D eigenvalue weighted by Gasteiger charge is -2.33. The molecule has 1 saturated heterocycles. The maximum atomic E-state index is 13.0. The first kappa shape index (κ1) is 13.4. The van der Waals surface area contributed by atoms with Gasteiger partial charge in [0.05, 0.1) is 5.60 Å². The molecular formula is C11H14ClF2NO. The van der Waals surface area contributed by atoms with Gasteiger partial charge in [0, 0.05) is 0 Å². The molecule has 1 aliphatic rings. The normalized spacial score (nSPS) is 18.9. The molecule has 0 unspecified atom stereocenters. The van der Waals surface area contributed by atoms with Gasteiger partial charge in [0.1, 0.15) is 0 Å². The third kappa shape index (κ3) is 2.51. The summed E-state index contributed by atoms with van der Waals surface area (Å²) < 4.78 is 25.7. The average Bonchev–Trinajstić information content (AvgIpc) is 2.23. The van der Waals surface area contributed by atoms with Crippen molar-refractivity contribution in [3.8, 4) is 0 Å². The average molecular weight is 250 g/mol. The second kappa shape index (κ2) is 5.08. The molecule has 1 fully saturated rings. The molecule has 0 bridgehead atoms. The highest BCUT2D eigenvalue weighted by Crippen LogP contribution is 2.30. The molecule has 0 atom stereocenters. The number of hydrogen-bond donors (Lipinski definition) is 2. The summed E-state index contributed by atoms with van der Waals surface area (Å²) in [5.74, 6) is -1.78. The van der Waals surface area contributed by atoms with Crippen LogP contribution in [-0.2, 0) is 5.60 Å². The van der Waals surface area contributed by atoms with Gasteiger partial charge in [0.15, 0.2) is 11.6 Å². The van der Waals surface area contributed by atoms with Crippen LogP contribution in [0.15, 0.2) is 18.2 Å². The van der Waals surface area contributed by atoms with Crippen molar-refractivity contribution in [2.45, 2.75) is 18.4 Å². The summed E-state index contributed by atoms with van der Waals surface area (Å²) in [4.78, 5) is 0. The Morgan fingerprint density at radius 3 is 2.31 bits per heavy atom. The van der Waals surface area contributed by atoms with Gasteiger partial charge in [0.2, 0.25) is 0 Å². The topological polar surface area (TPSA) is 32.3 Å². The Hall–Kier alpha value is -0.710. The van der Waals surface area contributed by atoms with E-state index in [0.717, 1.165) is 12.1 Å². The fourth-order valence-electron chi connectivity index (χ4n) is 1.91. The van der Waals surface area contributed by atoms with Crippen LogP contribution >= 0.6 is 12.4 Å². The van der Waals surface area contributed by atoms with Crippen molar-refractivity contribution in [2.24, 2.45) is 0 Å². The molecule has 0 aromatic heterocycles. The van der Waals surface area contributed by atoms with E-state index in [1.165, 1.54) is 6.07 Å². The second-order valence-electron chi connectivity index (χ2n) is 3.91. The highest BCUT2D eigenvalue weighted by Gasteiger charge is 2.31. The summed E-state index contributed by atoms with van der Waals surface area (Å²) in [5.41, 5.74) is -0.553. The third-order valence-corrected chi connectivity index (χ3v) is 2.89. The van der Waals surface area contributed by atoms with E-state index in [9.17, 15) is 13.9 Å². The van der Waals surface area contributed by atoms with Gasteiger partial charge in [-0.2, -0.15) is 0 Å². The lowest BCUT2D eigenvalue weighted by Crippen LogP contribution is -2.39. The first-order chi connectivity index (χ1) is 7.12.